The van der Waals surface area contributed by atoms with E-state index in [1.54, 1.807) is 24.3 Å². The summed E-state index contributed by atoms with van der Waals surface area (Å²) < 4.78 is 28.5. The highest BCUT2D eigenvalue weighted by Gasteiger charge is 2.17. The van der Waals surface area contributed by atoms with Crippen LogP contribution in [0, 0.1) is 11.3 Å². The fourth-order valence-electron chi connectivity index (χ4n) is 1.63. The van der Waals surface area contributed by atoms with Gasteiger partial charge in [0.1, 0.15) is 17.3 Å². The summed E-state index contributed by atoms with van der Waals surface area (Å²) in [7, 11) is 1.40. The van der Waals surface area contributed by atoms with Gasteiger partial charge in [-0.05, 0) is 35.9 Å². The van der Waals surface area contributed by atoms with Crippen molar-refractivity contribution < 1.29 is 13.2 Å². The first-order chi connectivity index (χ1) is 9.90. The average molecular weight is 342 g/mol. The van der Waals surface area contributed by atoms with Crippen LogP contribution in [-0.4, -0.2) is 8.42 Å². The van der Waals surface area contributed by atoms with Crippen LogP contribution in [0.4, 0.5) is 0 Å². The number of rotatable bonds is 4. The Morgan fingerprint density at radius 2 is 1.81 bits per heavy atom. The number of hydrogen-bond acceptors (Lipinski definition) is 4. The van der Waals surface area contributed by atoms with Crippen LogP contribution < -0.4 is 4.74 Å². The number of hydrogen-bond donors (Lipinski definition) is 0. The van der Waals surface area contributed by atoms with Crippen LogP contribution >= 0.6 is 22.3 Å². The van der Waals surface area contributed by atoms with Crippen LogP contribution in [0.5, 0.6) is 5.75 Å². The maximum Gasteiger partial charge on any atom is 0.265 e. The molecule has 21 heavy (non-hydrogen) atoms. The highest BCUT2D eigenvalue weighted by Crippen LogP contribution is 2.30. The van der Waals surface area contributed by atoms with Crippen LogP contribution in [0.15, 0.2) is 47.4 Å². The van der Waals surface area contributed by atoms with Crippen molar-refractivity contribution >= 4 is 31.3 Å². The lowest BCUT2D eigenvalue weighted by molar-refractivity contribution is 0.298. The third kappa shape index (κ3) is 4.11. The van der Waals surface area contributed by atoms with Gasteiger partial charge in [-0.2, -0.15) is 5.26 Å². The molecule has 2 rings (SSSR count). The van der Waals surface area contributed by atoms with E-state index in [0.717, 1.165) is 5.56 Å². The third-order valence-corrected chi connectivity index (χ3v) is 4.22. The quantitative estimate of drug-likeness (QED) is 0.794. The van der Waals surface area contributed by atoms with Gasteiger partial charge in [0, 0.05) is 15.7 Å². The molecule has 0 aliphatic rings. The molecule has 0 bridgehead atoms. The summed E-state index contributed by atoms with van der Waals surface area (Å²) in [6.07, 6.45) is 0. The van der Waals surface area contributed by atoms with Gasteiger partial charge in [-0.15, -0.1) is 0 Å². The highest BCUT2D eigenvalue weighted by molar-refractivity contribution is 8.13. The molecule has 7 heteroatoms. The minimum atomic E-state index is -3.95. The minimum absolute atomic E-state index is 0.124. The van der Waals surface area contributed by atoms with Gasteiger partial charge < -0.3 is 4.74 Å². The second-order valence-corrected chi connectivity index (χ2v) is 7.10. The largest absolute Gasteiger partial charge is 0.487 e. The Bertz CT molecular complexity index is 796. The zero-order chi connectivity index (χ0) is 15.5. The molecule has 0 saturated carbocycles. The van der Waals surface area contributed by atoms with Gasteiger partial charge in [0.2, 0.25) is 0 Å². The molecule has 2 aromatic rings. The van der Waals surface area contributed by atoms with Crippen molar-refractivity contribution in [3.63, 3.8) is 0 Å². The smallest absolute Gasteiger partial charge is 0.265 e. The number of benzene rings is 2. The maximum atomic E-state index is 11.5. The summed E-state index contributed by atoms with van der Waals surface area (Å²) in [5.41, 5.74) is 1.33. The Morgan fingerprint density at radius 3 is 2.38 bits per heavy atom. The Morgan fingerprint density at radius 1 is 1.14 bits per heavy atom. The molecule has 0 heterocycles. The van der Waals surface area contributed by atoms with Gasteiger partial charge in [0.15, 0.2) is 0 Å². The molecule has 0 amide bonds. The molecular formula is C14H9Cl2NO3S. The number of nitriles is 1. The molecule has 0 N–H and O–H groups in total. The lowest BCUT2D eigenvalue weighted by Crippen LogP contribution is -2.00. The molecule has 0 aromatic heterocycles. The maximum absolute atomic E-state index is 11.5. The van der Waals surface area contributed by atoms with Crippen molar-refractivity contribution in [2.45, 2.75) is 11.5 Å². The van der Waals surface area contributed by atoms with Gasteiger partial charge in [-0.1, -0.05) is 23.7 Å². The lowest BCUT2D eigenvalue weighted by atomic mass is 10.2. The zero-order valence-corrected chi connectivity index (χ0v) is 12.9. The van der Waals surface area contributed by atoms with E-state index in [4.69, 9.17) is 32.3 Å². The topological polar surface area (TPSA) is 67.2 Å². The molecule has 0 fully saturated rings. The average Bonchev–Trinajstić information content (AvgIpc) is 2.45. The SMILES string of the molecule is N#Cc1ccc(COc2ccc(Cl)cc2S(=O)(=O)Cl)cc1. The van der Waals surface area contributed by atoms with E-state index in [2.05, 4.69) is 0 Å². The van der Waals surface area contributed by atoms with E-state index in [0.29, 0.717) is 5.56 Å². The Hall–Kier alpha value is -1.74. The van der Waals surface area contributed by atoms with Crippen molar-refractivity contribution in [1.82, 2.24) is 0 Å². The van der Waals surface area contributed by atoms with Crippen LogP contribution in [0.1, 0.15) is 11.1 Å². The zero-order valence-electron chi connectivity index (χ0n) is 10.6. The summed E-state index contributed by atoms with van der Waals surface area (Å²) >= 11 is 5.76. The molecule has 0 saturated heterocycles. The summed E-state index contributed by atoms with van der Waals surface area (Å²) in [6, 6.07) is 13.0. The fraction of sp³-hybridized carbons (Fsp3) is 0.0714. The molecule has 0 aliphatic heterocycles. The Kier molecular flexibility index (Phi) is 4.73. The molecule has 2 aromatic carbocycles. The first-order valence-corrected chi connectivity index (χ1v) is 8.45. The van der Waals surface area contributed by atoms with Crippen molar-refractivity contribution in [3.05, 3.63) is 58.6 Å². The fourth-order valence-corrected chi connectivity index (χ4v) is 2.86. The molecule has 108 valence electrons. The van der Waals surface area contributed by atoms with E-state index in [1.165, 1.54) is 18.2 Å². The van der Waals surface area contributed by atoms with Crippen LogP contribution in [0.3, 0.4) is 0 Å². The van der Waals surface area contributed by atoms with Gasteiger partial charge in [-0.3, -0.25) is 0 Å². The van der Waals surface area contributed by atoms with Crippen molar-refractivity contribution in [2.75, 3.05) is 0 Å². The van der Waals surface area contributed by atoms with Crippen LogP contribution in [0.2, 0.25) is 5.02 Å². The van der Waals surface area contributed by atoms with E-state index < -0.39 is 9.05 Å². The Labute approximate surface area is 131 Å². The van der Waals surface area contributed by atoms with Gasteiger partial charge in [-0.25, -0.2) is 8.42 Å². The van der Waals surface area contributed by atoms with E-state index in [-0.39, 0.29) is 22.3 Å². The van der Waals surface area contributed by atoms with Crippen LogP contribution in [0.25, 0.3) is 0 Å². The summed E-state index contributed by atoms with van der Waals surface area (Å²) in [5, 5.41) is 8.96. The molecule has 0 aliphatic carbocycles. The van der Waals surface area contributed by atoms with Crippen LogP contribution in [-0.2, 0) is 15.7 Å². The molecule has 0 radical (unpaired) electrons. The molecular weight excluding hydrogens is 333 g/mol. The summed E-state index contributed by atoms with van der Waals surface area (Å²) in [6.45, 7) is 0.146. The monoisotopic (exact) mass is 341 g/mol. The normalized spacial score (nSPS) is 10.9. The van der Waals surface area contributed by atoms with Crippen molar-refractivity contribution in [2.24, 2.45) is 0 Å². The second-order valence-electron chi connectivity index (χ2n) is 4.13. The predicted molar refractivity (Wildman–Crippen MR) is 80.0 cm³/mol. The predicted octanol–water partition coefficient (Wildman–Crippen LogP) is 3.72. The molecule has 4 nitrogen and oxygen atoms in total. The van der Waals surface area contributed by atoms with Crippen molar-refractivity contribution in [3.8, 4) is 11.8 Å². The second kappa shape index (κ2) is 6.35. The van der Waals surface area contributed by atoms with E-state index >= 15 is 0 Å². The lowest BCUT2D eigenvalue weighted by Gasteiger charge is -2.10. The first kappa shape index (κ1) is 15.6. The van der Waals surface area contributed by atoms with E-state index in [9.17, 15) is 8.42 Å². The highest BCUT2D eigenvalue weighted by atomic mass is 35.7. The van der Waals surface area contributed by atoms with Gasteiger partial charge in [0.25, 0.3) is 9.05 Å². The number of nitrogens with zero attached hydrogens (tertiary/aromatic N) is 1. The minimum Gasteiger partial charge on any atom is -0.487 e. The summed E-state index contributed by atoms with van der Waals surface area (Å²) in [4.78, 5) is -0.176. The summed E-state index contributed by atoms with van der Waals surface area (Å²) in [5.74, 6) is 0.124. The Balaban J connectivity index is 2.22. The van der Waals surface area contributed by atoms with Gasteiger partial charge in [0.05, 0.1) is 11.6 Å². The first-order valence-electron chi connectivity index (χ1n) is 5.76. The van der Waals surface area contributed by atoms with Crippen molar-refractivity contribution in [1.29, 1.82) is 5.26 Å². The third-order valence-electron chi connectivity index (χ3n) is 2.65. The molecule has 0 atom stereocenters. The molecule has 0 unspecified atom stereocenters. The van der Waals surface area contributed by atoms with Gasteiger partial charge >= 0.3 is 0 Å². The van der Waals surface area contributed by atoms with E-state index in [1.807, 2.05) is 6.07 Å². The standard InChI is InChI=1S/C14H9Cl2NO3S/c15-12-5-6-13(14(7-12)21(16,18)19)20-9-11-3-1-10(8-17)2-4-11/h1-7H,9H2. The molecule has 0 spiro atoms. The number of ether oxygens (including phenoxy) is 1. The number of halogens is 2.